The quantitative estimate of drug-likeness (QED) is 0.658. The number of hydrazone groups is 1. The maximum absolute atomic E-state index is 12.8. The summed E-state index contributed by atoms with van der Waals surface area (Å²) >= 11 is 0. The molecule has 1 saturated heterocycles. The van der Waals surface area contributed by atoms with Crippen molar-refractivity contribution >= 4 is 29.2 Å². The number of anilines is 1. The third-order valence-corrected chi connectivity index (χ3v) is 4.64. The fraction of sp³-hybridized carbons (Fsp3) is 0.200. The van der Waals surface area contributed by atoms with E-state index in [-0.39, 0.29) is 12.3 Å². The molecule has 0 saturated carbocycles. The van der Waals surface area contributed by atoms with Gasteiger partial charge in [0.1, 0.15) is 18.6 Å². The first-order chi connectivity index (χ1) is 13.1. The first kappa shape index (κ1) is 17.0. The number of hydrogen-bond acceptors (Lipinski definition) is 6. The van der Waals surface area contributed by atoms with Gasteiger partial charge < -0.3 is 4.74 Å². The van der Waals surface area contributed by atoms with Gasteiger partial charge in [-0.25, -0.2) is 9.69 Å². The van der Waals surface area contributed by atoms with Crippen LogP contribution in [-0.2, 0) is 25.7 Å². The summed E-state index contributed by atoms with van der Waals surface area (Å²) in [4.78, 5) is 39.0. The predicted octanol–water partition coefficient (Wildman–Crippen LogP) is 1.56. The van der Waals surface area contributed by atoms with E-state index in [1.165, 1.54) is 0 Å². The lowest BCUT2D eigenvalue weighted by molar-refractivity contribution is -0.137. The number of amides is 2. The zero-order valence-corrected chi connectivity index (χ0v) is 14.6. The topological polar surface area (TPSA) is 88.1 Å². The number of nitrogens with one attached hydrogen (secondary N) is 1. The van der Waals surface area contributed by atoms with E-state index in [0.717, 1.165) is 16.0 Å². The molecule has 1 N–H and O–H groups in total. The number of esters is 1. The van der Waals surface area contributed by atoms with Crippen LogP contribution in [0.25, 0.3) is 0 Å². The number of rotatable bonds is 4. The Hall–Kier alpha value is -3.48. The Morgan fingerprint density at radius 1 is 1.07 bits per heavy atom. The molecule has 0 radical (unpaired) electrons. The van der Waals surface area contributed by atoms with Crippen LogP contribution in [0.4, 0.5) is 5.69 Å². The molecule has 4 rings (SSSR count). The summed E-state index contributed by atoms with van der Waals surface area (Å²) in [5.41, 5.74) is 4.86. The van der Waals surface area contributed by atoms with Gasteiger partial charge in [0, 0.05) is 0 Å². The van der Waals surface area contributed by atoms with Crippen LogP contribution >= 0.6 is 0 Å². The molecule has 2 aliphatic heterocycles. The van der Waals surface area contributed by atoms with Gasteiger partial charge in [-0.3, -0.25) is 15.0 Å². The summed E-state index contributed by atoms with van der Waals surface area (Å²) in [5.74, 6) is -2.58. The predicted molar refractivity (Wildman–Crippen MR) is 97.8 cm³/mol. The van der Waals surface area contributed by atoms with Crippen molar-refractivity contribution in [3.63, 3.8) is 0 Å². The van der Waals surface area contributed by atoms with Crippen molar-refractivity contribution < 1.29 is 19.1 Å². The van der Waals surface area contributed by atoms with Crippen LogP contribution in [0.15, 0.2) is 59.7 Å². The second kappa shape index (κ2) is 6.68. The molecule has 2 amide bonds. The largest absolute Gasteiger partial charge is 0.456 e. The van der Waals surface area contributed by atoms with Gasteiger partial charge in [-0.1, -0.05) is 48.0 Å². The van der Waals surface area contributed by atoms with Crippen molar-refractivity contribution in [3.05, 3.63) is 65.7 Å². The van der Waals surface area contributed by atoms with E-state index in [1.807, 2.05) is 49.4 Å². The van der Waals surface area contributed by atoms with Crippen molar-refractivity contribution in [1.29, 1.82) is 0 Å². The third kappa shape index (κ3) is 2.97. The monoisotopic (exact) mass is 363 g/mol. The van der Waals surface area contributed by atoms with E-state index in [9.17, 15) is 14.4 Å². The second-order valence-corrected chi connectivity index (χ2v) is 6.49. The average Bonchev–Trinajstić information content (AvgIpc) is 3.22. The Kier molecular flexibility index (Phi) is 4.19. The molecule has 0 bridgehead atoms. The van der Waals surface area contributed by atoms with Gasteiger partial charge in [0.15, 0.2) is 5.71 Å². The van der Waals surface area contributed by atoms with E-state index < -0.39 is 29.7 Å². The first-order valence-corrected chi connectivity index (χ1v) is 8.55. The normalized spacial score (nSPS) is 20.9. The number of imide groups is 1. The second-order valence-electron chi connectivity index (χ2n) is 6.49. The van der Waals surface area contributed by atoms with Crippen LogP contribution in [-0.4, -0.2) is 29.5 Å². The van der Waals surface area contributed by atoms with Gasteiger partial charge >= 0.3 is 5.97 Å². The van der Waals surface area contributed by atoms with E-state index in [2.05, 4.69) is 10.5 Å². The molecule has 2 atom stereocenters. The van der Waals surface area contributed by atoms with Crippen LogP contribution < -0.4 is 10.3 Å². The molecule has 0 unspecified atom stereocenters. The number of hydrogen-bond donors (Lipinski definition) is 1. The van der Waals surface area contributed by atoms with Crippen molar-refractivity contribution in [3.8, 4) is 0 Å². The molecule has 7 heteroatoms. The number of carbonyl (C=O) groups excluding carboxylic acids is 3. The van der Waals surface area contributed by atoms with Crippen LogP contribution in [0, 0.1) is 12.8 Å². The van der Waals surface area contributed by atoms with E-state index in [1.54, 1.807) is 12.1 Å². The van der Waals surface area contributed by atoms with Crippen molar-refractivity contribution in [2.45, 2.75) is 19.6 Å². The minimum atomic E-state index is -0.970. The molecule has 0 aliphatic carbocycles. The maximum Gasteiger partial charge on any atom is 0.355 e. The van der Waals surface area contributed by atoms with Gasteiger partial charge in [0.2, 0.25) is 5.91 Å². The van der Waals surface area contributed by atoms with Crippen LogP contribution in [0.2, 0.25) is 0 Å². The van der Waals surface area contributed by atoms with Crippen LogP contribution in [0.5, 0.6) is 0 Å². The van der Waals surface area contributed by atoms with Gasteiger partial charge in [-0.2, -0.15) is 5.10 Å². The fourth-order valence-corrected chi connectivity index (χ4v) is 3.20. The SMILES string of the molecule is Cc1ccc(N2C(=O)[C@@H]3C(C(=O)OCc4ccccc4)=NN[C@@H]3C2=O)cc1. The summed E-state index contributed by atoms with van der Waals surface area (Å²) in [6, 6.07) is 15.4. The molecule has 7 nitrogen and oxygen atoms in total. The molecular weight excluding hydrogens is 346 g/mol. The maximum atomic E-state index is 12.8. The fourth-order valence-electron chi connectivity index (χ4n) is 3.20. The summed E-state index contributed by atoms with van der Waals surface area (Å²) in [7, 11) is 0. The highest BCUT2D eigenvalue weighted by Gasteiger charge is 2.55. The number of ether oxygens (including phenoxy) is 1. The Morgan fingerprint density at radius 3 is 2.48 bits per heavy atom. The minimum Gasteiger partial charge on any atom is -0.456 e. The van der Waals surface area contributed by atoms with Gasteiger partial charge in [-0.15, -0.1) is 0 Å². The molecule has 1 fully saturated rings. The summed E-state index contributed by atoms with van der Waals surface area (Å²) in [5, 5.41) is 3.90. The smallest absolute Gasteiger partial charge is 0.355 e. The molecule has 27 heavy (non-hydrogen) atoms. The van der Waals surface area contributed by atoms with Crippen LogP contribution in [0.1, 0.15) is 11.1 Å². The van der Waals surface area contributed by atoms with Gasteiger partial charge in [0.25, 0.3) is 5.91 Å². The van der Waals surface area contributed by atoms with Gasteiger partial charge in [-0.05, 0) is 24.6 Å². The first-order valence-electron chi connectivity index (χ1n) is 8.55. The lowest BCUT2D eigenvalue weighted by Crippen LogP contribution is -2.36. The Balaban J connectivity index is 1.51. The number of carbonyl (C=O) groups is 3. The minimum absolute atomic E-state index is 0.0658. The highest BCUT2D eigenvalue weighted by Crippen LogP contribution is 2.31. The van der Waals surface area contributed by atoms with Gasteiger partial charge in [0.05, 0.1) is 5.69 Å². The summed E-state index contributed by atoms with van der Waals surface area (Å²) in [6.07, 6.45) is 0. The Labute approximate surface area is 155 Å². The molecule has 0 spiro atoms. The summed E-state index contributed by atoms with van der Waals surface area (Å²) < 4.78 is 5.27. The molecule has 2 aromatic rings. The Bertz CT molecular complexity index is 937. The van der Waals surface area contributed by atoms with Crippen LogP contribution in [0.3, 0.4) is 0 Å². The van der Waals surface area contributed by atoms with Crippen molar-refractivity contribution in [2.24, 2.45) is 11.0 Å². The molecule has 2 aliphatic rings. The molecule has 2 aromatic carbocycles. The lowest BCUT2D eigenvalue weighted by atomic mass is 9.99. The standard InChI is InChI=1S/C20H17N3O4/c1-12-7-9-14(10-8-12)23-18(24)15-16(19(23)25)21-22-17(15)20(26)27-11-13-5-3-2-4-6-13/h2-10,15-16,21H,11H2,1H3/t15-,16-/m0/s1. The Morgan fingerprint density at radius 2 is 1.78 bits per heavy atom. The number of benzene rings is 2. The van der Waals surface area contributed by atoms with Crippen molar-refractivity contribution in [2.75, 3.05) is 4.90 Å². The third-order valence-electron chi connectivity index (χ3n) is 4.64. The molecule has 0 aromatic heterocycles. The zero-order chi connectivity index (χ0) is 19.0. The molecule has 2 heterocycles. The number of nitrogens with zero attached hydrogens (tertiary/aromatic N) is 2. The van der Waals surface area contributed by atoms with E-state index in [4.69, 9.17) is 4.74 Å². The van der Waals surface area contributed by atoms with E-state index in [0.29, 0.717) is 5.69 Å². The van der Waals surface area contributed by atoms with E-state index >= 15 is 0 Å². The summed E-state index contributed by atoms with van der Waals surface area (Å²) in [6.45, 7) is 1.99. The van der Waals surface area contributed by atoms with Crippen molar-refractivity contribution in [1.82, 2.24) is 5.43 Å². The lowest BCUT2D eigenvalue weighted by Gasteiger charge is -2.15. The average molecular weight is 363 g/mol. The number of fused-ring (bicyclic) bond motifs is 1. The molecule has 136 valence electrons. The highest BCUT2D eigenvalue weighted by molar-refractivity contribution is 6.46. The number of aryl methyl sites for hydroxylation is 1. The highest BCUT2D eigenvalue weighted by atomic mass is 16.5. The zero-order valence-electron chi connectivity index (χ0n) is 14.6. The molecular formula is C20H17N3O4.